The highest BCUT2D eigenvalue weighted by Crippen LogP contribution is 1.78. The Morgan fingerprint density at radius 1 is 1.60 bits per heavy atom. The Labute approximate surface area is 62.3 Å². The summed E-state index contributed by atoms with van der Waals surface area (Å²) in [5.41, 5.74) is 0. The van der Waals surface area contributed by atoms with Crippen LogP contribution in [0.4, 0.5) is 4.79 Å². The molecular formula is C7H15NO2. The molecule has 60 valence electrons. The van der Waals surface area contributed by atoms with Crippen LogP contribution in [0.5, 0.6) is 0 Å². The number of hydrogen-bond acceptors (Lipinski definition) is 2. The smallest absolute Gasteiger partial charge is 0.408 e. The van der Waals surface area contributed by atoms with Gasteiger partial charge in [0.15, 0.2) is 0 Å². The summed E-state index contributed by atoms with van der Waals surface area (Å²) in [5.74, 6) is 0. The summed E-state index contributed by atoms with van der Waals surface area (Å²) >= 11 is 0. The van der Waals surface area contributed by atoms with Crippen molar-refractivity contribution in [3.8, 4) is 0 Å². The van der Waals surface area contributed by atoms with Crippen LogP contribution in [-0.4, -0.2) is 32.2 Å². The molecular weight excluding hydrogens is 130 g/mol. The van der Waals surface area contributed by atoms with Crippen molar-refractivity contribution < 1.29 is 9.53 Å². The van der Waals surface area contributed by atoms with Crippen LogP contribution in [0.1, 0.15) is 6.92 Å². The topological polar surface area (TPSA) is 29.5 Å². The zero-order valence-electron chi connectivity index (χ0n) is 7.05. The van der Waals surface area contributed by atoms with E-state index < -0.39 is 0 Å². The third-order valence-electron chi connectivity index (χ3n) is 0.540. The summed E-state index contributed by atoms with van der Waals surface area (Å²) in [6.45, 7) is 5.25. The second-order valence-electron chi connectivity index (χ2n) is 1.77. The Morgan fingerprint density at radius 2 is 1.90 bits per heavy atom. The Morgan fingerprint density at radius 3 is 1.90 bits per heavy atom. The molecule has 0 aliphatic carbocycles. The third kappa shape index (κ3) is 10.1. The normalized spacial score (nSPS) is 6.80. The van der Waals surface area contributed by atoms with E-state index in [0.29, 0.717) is 0 Å². The molecule has 10 heavy (non-hydrogen) atoms. The minimum Gasteiger partial charge on any atom is -0.453 e. The quantitative estimate of drug-likeness (QED) is 0.483. The van der Waals surface area contributed by atoms with Crippen LogP contribution in [0.2, 0.25) is 0 Å². The second kappa shape index (κ2) is 8.01. The van der Waals surface area contributed by atoms with E-state index in [9.17, 15) is 4.79 Å². The number of rotatable bonds is 0. The SMILES string of the molecule is C=CC.COC(=O)N(C)C. The summed E-state index contributed by atoms with van der Waals surface area (Å²) in [4.78, 5) is 11.6. The number of hydrogen-bond donors (Lipinski definition) is 0. The Balaban J connectivity index is 0. The molecule has 3 nitrogen and oxygen atoms in total. The Hall–Kier alpha value is -0.990. The lowest BCUT2D eigenvalue weighted by atomic mass is 10.8. The first kappa shape index (κ1) is 11.8. The van der Waals surface area contributed by atoms with Crippen molar-refractivity contribution in [1.29, 1.82) is 0 Å². The van der Waals surface area contributed by atoms with Crippen molar-refractivity contribution in [3.05, 3.63) is 12.7 Å². The number of allylic oxidation sites excluding steroid dienone is 1. The molecule has 3 heteroatoms. The number of methoxy groups -OCH3 is 1. The first-order chi connectivity index (χ1) is 4.59. The molecule has 0 aromatic carbocycles. The first-order valence-electron chi connectivity index (χ1n) is 2.92. The van der Waals surface area contributed by atoms with Crippen LogP contribution in [0.25, 0.3) is 0 Å². The van der Waals surface area contributed by atoms with E-state index in [1.165, 1.54) is 12.0 Å². The Bertz CT molecular complexity index is 99.8. The van der Waals surface area contributed by atoms with Gasteiger partial charge in [-0.05, 0) is 6.92 Å². The van der Waals surface area contributed by atoms with E-state index in [-0.39, 0.29) is 6.09 Å². The van der Waals surface area contributed by atoms with Crippen LogP contribution >= 0.6 is 0 Å². The van der Waals surface area contributed by atoms with Crippen LogP contribution in [0, 0.1) is 0 Å². The molecule has 0 heterocycles. The zero-order chi connectivity index (χ0) is 8.57. The lowest BCUT2D eigenvalue weighted by Crippen LogP contribution is -2.20. The monoisotopic (exact) mass is 145 g/mol. The maximum absolute atomic E-state index is 10.2. The van der Waals surface area contributed by atoms with Crippen LogP contribution < -0.4 is 0 Å². The van der Waals surface area contributed by atoms with Gasteiger partial charge in [0.1, 0.15) is 0 Å². The molecule has 0 aliphatic rings. The van der Waals surface area contributed by atoms with Crippen molar-refractivity contribution in [3.63, 3.8) is 0 Å². The fourth-order valence-electron chi connectivity index (χ4n) is 0.183. The van der Waals surface area contributed by atoms with Gasteiger partial charge in [0.25, 0.3) is 0 Å². The lowest BCUT2D eigenvalue weighted by Gasteiger charge is -2.05. The van der Waals surface area contributed by atoms with Gasteiger partial charge >= 0.3 is 6.09 Å². The van der Waals surface area contributed by atoms with E-state index in [1.54, 1.807) is 20.2 Å². The fourth-order valence-corrected chi connectivity index (χ4v) is 0.183. The molecule has 0 spiro atoms. The predicted octanol–water partition coefficient (Wildman–Crippen LogP) is 1.51. The number of carbonyl (C=O) groups is 1. The maximum Gasteiger partial charge on any atom is 0.408 e. The summed E-state index contributed by atoms with van der Waals surface area (Å²) in [5, 5.41) is 0. The zero-order valence-corrected chi connectivity index (χ0v) is 7.05. The average Bonchev–Trinajstić information content (AvgIpc) is 1.88. The summed E-state index contributed by atoms with van der Waals surface area (Å²) < 4.78 is 4.30. The highest BCUT2D eigenvalue weighted by atomic mass is 16.5. The molecule has 0 atom stereocenters. The second-order valence-corrected chi connectivity index (χ2v) is 1.77. The summed E-state index contributed by atoms with van der Waals surface area (Å²) in [6, 6.07) is 0. The fraction of sp³-hybridized carbons (Fsp3) is 0.571. The van der Waals surface area contributed by atoms with Crippen LogP contribution in [0.15, 0.2) is 12.7 Å². The minimum atomic E-state index is -0.319. The average molecular weight is 145 g/mol. The van der Waals surface area contributed by atoms with Gasteiger partial charge in [-0.2, -0.15) is 0 Å². The van der Waals surface area contributed by atoms with Gasteiger partial charge in [0.05, 0.1) is 7.11 Å². The predicted molar refractivity (Wildman–Crippen MR) is 42.0 cm³/mol. The molecule has 0 aliphatic heterocycles. The van der Waals surface area contributed by atoms with E-state index in [1.807, 2.05) is 6.92 Å². The van der Waals surface area contributed by atoms with Crippen molar-refractivity contribution in [2.75, 3.05) is 21.2 Å². The molecule has 0 fully saturated rings. The van der Waals surface area contributed by atoms with Crippen molar-refractivity contribution >= 4 is 6.09 Å². The van der Waals surface area contributed by atoms with Crippen LogP contribution in [-0.2, 0) is 4.74 Å². The third-order valence-corrected chi connectivity index (χ3v) is 0.540. The maximum atomic E-state index is 10.2. The molecule has 0 saturated heterocycles. The van der Waals surface area contributed by atoms with Crippen LogP contribution in [0.3, 0.4) is 0 Å². The van der Waals surface area contributed by atoms with Gasteiger partial charge in [-0.15, -0.1) is 6.58 Å². The molecule has 0 radical (unpaired) electrons. The van der Waals surface area contributed by atoms with E-state index in [0.717, 1.165) is 0 Å². The standard InChI is InChI=1S/C4H9NO2.C3H6/c1-5(2)4(6)7-3;1-3-2/h1-3H3;3H,1H2,2H3. The van der Waals surface area contributed by atoms with Gasteiger partial charge in [-0.1, -0.05) is 6.08 Å². The molecule has 0 aromatic rings. The largest absolute Gasteiger partial charge is 0.453 e. The molecule has 0 aromatic heterocycles. The summed E-state index contributed by atoms with van der Waals surface area (Å²) in [6.07, 6.45) is 1.43. The summed E-state index contributed by atoms with van der Waals surface area (Å²) in [7, 11) is 4.61. The van der Waals surface area contributed by atoms with Crippen molar-refractivity contribution in [2.24, 2.45) is 0 Å². The van der Waals surface area contributed by atoms with Crippen molar-refractivity contribution in [2.45, 2.75) is 6.92 Å². The van der Waals surface area contributed by atoms with Gasteiger partial charge < -0.3 is 9.64 Å². The first-order valence-corrected chi connectivity index (χ1v) is 2.92. The molecule has 0 rings (SSSR count). The van der Waals surface area contributed by atoms with Gasteiger partial charge in [-0.3, -0.25) is 0 Å². The highest BCUT2D eigenvalue weighted by molar-refractivity contribution is 5.66. The van der Waals surface area contributed by atoms with Gasteiger partial charge in [0, 0.05) is 14.1 Å². The van der Waals surface area contributed by atoms with E-state index in [4.69, 9.17) is 0 Å². The molecule has 0 bridgehead atoms. The molecule has 0 N–H and O–H groups in total. The van der Waals surface area contributed by atoms with Crippen molar-refractivity contribution in [1.82, 2.24) is 4.90 Å². The Kier molecular flexibility index (Phi) is 9.42. The molecule has 1 amide bonds. The van der Waals surface area contributed by atoms with Gasteiger partial charge in [0.2, 0.25) is 0 Å². The number of carbonyl (C=O) groups excluding carboxylic acids is 1. The highest BCUT2D eigenvalue weighted by Gasteiger charge is 1.97. The van der Waals surface area contributed by atoms with E-state index in [2.05, 4.69) is 11.3 Å². The molecule has 0 unspecified atom stereocenters. The number of nitrogens with zero attached hydrogens (tertiary/aromatic N) is 1. The van der Waals surface area contributed by atoms with Gasteiger partial charge in [-0.25, -0.2) is 4.79 Å². The minimum absolute atomic E-state index is 0.319. The number of ether oxygens (including phenoxy) is 1. The van der Waals surface area contributed by atoms with E-state index >= 15 is 0 Å². The lowest BCUT2D eigenvalue weighted by molar-refractivity contribution is 0.141. The molecule has 0 saturated carbocycles. The number of amides is 1.